The third-order valence-corrected chi connectivity index (χ3v) is 8.04. The molecule has 0 saturated carbocycles. The van der Waals surface area contributed by atoms with Crippen molar-refractivity contribution in [3.63, 3.8) is 0 Å². The van der Waals surface area contributed by atoms with Crippen LogP contribution in [0.3, 0.4) is 0 Å². The predicted molar refractivity (Wildman–Crippen MR) is 131 cm³/mol. The molecule has 1 aliphatic heterocycles. The summed E-state index contributed by atoms with van der Waals surface area (Å²) in [5, 5.41) is 0.130. The number of rotatable bonds is 6. The minimum absolute atomic E-state index is 0.0788. The molecule has 1 amide bonds. The lowest BCUT2D eigenvalue weighted by Crippen LogP contribution is -2.31. The van der Waals surface area contributed by atoms with Crippen LogP contribution in [0.5, 0.6) is 5.75 Å². The number of para-hydroxylation sites is 1. The normalized spacial score (nSPS) is 13.0. The van der Waals surface area contributed by atoms with E-state index in [1.54, 1.807) is 13.1 Å². The van der Waals surface area contributed by atoms with Gasteiger partial charge in [0.05, 0.1) is 15.6 Å². The summed E-state index contributed by atoms with van der Waals surface area (Å²) in [4.78, 5) is 14.2. The fourth-order valence-corrected chi connectivity index (χ4v) is 5.59. The molecule has 8 heteroatoms. The highest BCUT2D eigenvalue weighted by Gasteiger charge is 2.31. The van der Waals surface area contributed by atoms with E-state index < -0.39 is 10.0 Å². The fraction of sp³-hybridized carbons (Fsp3) is 0.240. The summed E-state index contributed by atoms with van der Waals surface area (Å²) in [7, 11) is -2.08. The topological polar surface area (TPSA) is 66.9 Å². The van der Waals surface area contributed by atoms with Gasteiger partial charge in [-0.2, -0.15) is 0 Å². The van der Waals surface area contributed by atoms with E-state index in [4.69, 9.17) is 16.3 Å². The van der Waals surface area contributed by atoms with Crippen LogP contribution in [-0.4, -0.2) is 34.5 Å². The van der Waals surface area contributed by atoms with E-state index in [1.165, 1.54) is 27.4 Å². The van der Waals surface area contributed by atoms with Gasteiger partial charge in [-0.15, -0.1) is 0 Å². The zero-order valence-electron chi connectivity index (χ0n) is 18.7. The Morgan fingerprint density at radius 1 is 1.06 bits per heavy atom. The van der Waals surface area contributed by atoms with Crippen molar-refractivity contribution in [2.45, 2.75) is 25.2 Å². The molecule has 3 aromatic rings. The van der Waals surface area contributed by atoms with Gasteiger partial charge < -0.3 is 9.64 Å². The summed E-state index contributed by atoms with van der Waals surface area (Å²) in [6.07, 6.45) is 0.667. The average Bonchev–Trinajstić information content (AvgIpc) is 3.24. The number of aryl methyl sites for hydroxylation is 2. The average molecular weight is 485 g/mol. The number of likely N-dealkylation sites (N-methyl/N-ethyl adjacent to an activating group) is 1. The van der Waals surface area contributed by atoms with Crippen molar-refractivity contribution < 1.29 is 17.9 Å². The van der Waals surface area contributed by atoms with Gasteiger partial charge in [0.2, 0.25) is 0 Å². The lowest BCUT2D eigenvalue weighted by atomic mass is 10.1. The van der Waals surface area contributed by atoms with E-state index >= 15 is 0 Å². The lowest BCUT2D eigenvalue weighted by Gasteiger charge is -2.21. The van der Waals surface area contributed by atoms with Crippen molar-refractivity contribution in [1.82, 2.24) is 0 Å². The van der Waals surface area contributed by atoms with Crippen LogP contribution in [0.1, 0.15) is 16.7 Å². The van der Waals surface area contributed by atoms with Gasteiger partial charge in [-0.3, -0.25) is 9.10 Å². The molecule has 0 fully saturated rings. The van der Waals surface area contributed by atoms with Crippen LogP contribution in [0.25, 0.3) is 0 Å². The third-order valence-electron chi connectivity index (χ3n) is 5.94. The van der Waals surface area contributed by atoms with Crippen molar-refractivity contribution in [3.8, 4) is 5.75 Å². The Kier molecular flexibility index (Phi) is 6.36. The molecule has 0 radical (unpaired) electrons. The molecule has 1 heterocycles. The minimum atomic E-state index is -3.76. The van der Waals surface area contributed by atoms with E-state index in [0.717, 1.165) is 22.4 Å². The number of carbonyl (C=O) groups excluding carboxylic acids is 1. The Balaban J connectivity index is 1.47. The second kappa shape index (κ2) is 9.08. The summed E-state index contributed by atoms with van der Waals surface area (Å²) in [6, 6.07) is 17.5. The van der Waals surface area contributed by atoms with E-state index in [9.17, 15) is 13.2 Å². The highest BCUT2D eigenvalue weighted by molar-refractivity contribution is 7.92. The van der Waals surface area contributed by atoms with Crippen molar-refractivity contribution in [2.75, 3.05) is 29.4 Å². The Morgan fingerprint density at radius 3 is 2.55 bits per heavy atom. The maximum absolute atomic E-state index is 13.2. The highest BCUT2D eigenvalue weighted by atomic mass is 35.5. The smallest absolute Gasteiger partial charge is 0.264 e. The van der Waals surface area contributed by atoms with Gasteiger partial charge in [-0.25, -0.2) is 8.42 Å². The lowest BCUT2D eigenvalue weighted by molar-refractivity contribution is -0.120. The third kappa shape index (κ3) is 4.56. The first-order valence-corrected chi connectivity index (χ1v) is 12.4. The molecule has 0 unspecified atom stereocenters. The number of ether oxygens (including phenoxy) is 1. The number of carbonyl (C=O) groups is 1. The molecule has 0 spiro atoms. The number of halogens is 1. The first-order chi connectivity index (χ1) is 15.7. The Labute approximate surface area is 199 Å². The van der Waals surface area contributed by atoms with Crippen LogP contribution in [0, 0.1) is 13.8 Å². The molecule has 3 aromatic carbocycles. The number of anilines is 2. The monoisotopic (exact) mass is 484 g/mol. The molecule has 0 atom stereocenters. The molecular formula is C25H25ClN2O4S. The minimum Gasteiger partial charge on any atom is -0.482 e. The van der Waals surface area contributed by atoms with Crippen LogP contribution >= 0.6 is 11.6 Å². The second-order valence-electron chi connectivity index (χ2n) is 8.06. The molecule has 0 aliphatic carbocycles. The van der Waals surface area contributed by atoms with Crippen LogP contribution in [-0.2, 0) is 21.2 Å². The molecule has 33 heavy (non-hydrogen) atoms. The van der Waals surface area contributed by atoms with Crippen molar-refractivity contribution in [1.29, 1.82) is 0 Å². The van der Waals surface area contributed by atoms with E-state index in [1.807, 2.05) is 50.2 Å². The zero-order valence-corrected chi connectivity index (χ0v) is 20.3. The van der Waals surface area contributed by atoms with Crippen molar-refractivity contribution in [2.24, 2.45) is 0 Å². The van der Waals surface area contributed by atoms with Crippen molar-refractivity contribution >= 4 is 38.9 Å². The zero-order chi connectivity index (χ0) is 23.8. The number of fused-ring (bicyclic) bond motifs is 1. The molecule has 4 rings (SSSR count). The molecular weight excluding hydrogens is 460 g/mol. The van der Waals surface area contributed by atoms with Crippen LogP contribution in [0.2, 0.25) is 5.02 Å². The van der Waals surface area contributed by atoms with Crippen LogP contribution in [0.4, 0.5) is 11.4 Å². The van der Waals surface area contributed by atoms with Crippen molar-refractivity contribution in [3.05, 3.63) is 82.4 Å². The fourth-order valence-electron chi connectivity index (χ4n) is 3.76. The van der Waals surface area contributed by atoms with Gasteiger partial charge in [0.15, 0.2) is 6.61 Å². The highest BCUT2D eigenvalue weighted by Crippen LogP contribution is 2.35. The summed E-state index contributed by atoms with van der Waals surface area (Å²) in [5.74, 6) is -0.000957. The summed E-state index contributed by atoms with van der Waals surface area (Å²) in [5.41, 5.74) is 4.70. The molecule has 0 saturated heterocycles. The standard InChI is InChI=1S/C25H25ClN2O4S/c1-17-8-9-20(14-18(17)2)27(3)25(29)16-32-24-11-10-21(15-22(24)26)33(30,31)28-13-12-19-6-4-5-7-23(19)28/h4-11,14-15H,12-13,16H2,1-3H3. The number of benzene rings is 3. The maximum Gasteiger partial charge on any atom is 0.264 e. The maximum atomic E-state index is 13.2. The summed E-state index contributed by atoms with van der Waals surface area (Å²) >= 11 is 6.33. The summed E-state index contributed by atoms with van der Waals surface area (Å²) < 4.78 is 33.4. The SMILES string of the molecule is Cc1ccc(N(C)C(=O)COc2ccc(S(=O)(=O)N3CCc4ccccc43)cc2Cl)cc1C. The van der Waals surface area contributed by atoms with E-state index in [2.05, 4.69) is 0 Å². The van der Waals surface area contributed by atoms with Gasteiger partial charge in [-0.05, 0) is 73.4 Å². The van der Waals surface area contributed by atoms with Gasteiger partial charge in [0, 0.05) is 19.3 Å². The predicted octanol–water partition coefficient (Wildman–Crippen LogP) is 4.75. The van der Waals surface area contributed by atoms with Gasteiger partial charge in [-0.1, -0.05) is 35.9 Å². The van der Waals surface area contributed by atoms with E-state index in [0.29, 0.717) is 18.7 Å². The second-order valence-corrected chi connectivity index (χ2v) is 10.3. The quantitative estimate of drug-likeness (QED) is 0.506. The number of sulfonamides is 1. The van der Waals surface area contributed by atoms with Gasteiger partial charge in [0.1, 0.15) is 5.75 Å². The van der Waals surface area contributed by atoms with E-state index in [-0.39, 0.29) is 28.2 Å². The Hall–Kier alpha value is -3.03. The van der Waals surface area contributed by atoms with Crippen LogP contribution in [0.15, 0.2) is 65.6 Å². The molecule has 0 N–H and O–H groups in total. The number of hydrogen-bond donors (Lipinski definition) is 0. The number of hydrogen-bond acceptors (Lipinski definition) is 4. The van der Waals surface area contributed by atoms with Gasteiger partial charge >= 0.3 is 0 Å². The molecule has 172 valence electrons. The molecule has 1 aliphatic rings. The molecule has 0 bridgehead atoms. The molecule has 0 aromatic heterocycles. The first-order valence-electron chi connectivity index (χ1n) is 10.6. The largest absolute Gasteiger partial charge is 0.482 e. The Bertz CT molecular complexity index is 1320. The first kappa shape index (κ1) is 23.1. The number of amides is 1. The van der Waals surface area contributed by atoms with Gasteiger partial charge in [0.25, 0.3) is 15.9 Å². The molecule has 6 nitrogen and oxygen atoms in total. The Morgan fingerprint density at radius 2 is 1.82 bits per heavy atom. The number of nitrogens with zero attached hydrogens (tertiary/aromatic N) is 2. The summed E-state index contributed by atoms with van der Waals surface area (Å²) in [6.45, 7) is 4.16. The van der Waals surface area contributed by atoms with Crippen LogP contribution < -0.4 is 13.9 Å².